The van der Waals surface area contributed by atoms with E-state index in [0.717, 1.165) is 37.2 Å². The third kappa shape index (κ3) is 3.46. The number of aliphatic hydroxyl groups excluding tert-OH is 1. The predicted octanol–water partition coefficient (Wildman–Crippen LogP) is 2.43. The van der Waals surface area contributed by atoms with Crippen LogP contribution < -0.4 is 5.73 Å². The summed E-state index contributed by atoms with van der Waals surface area (Å²) in [7, 11) is 0. The number of nitrogens with zero attached hydrogens (tertiary/aromatic N) is 2. The standard InChI is InChI=1S/C16H23N3O/c1-2-16(17,13-20)9-6-11-19-12-10-18-15(19)14-7-4-3-5-8-14/h3-5,7-8,10,12,20H,2,6,9,11,13,17H2,1H3. The zero-order chi connectivity index (χ0) is 14.4. The summed E-state index contributed by atoms with van der Waals surface area (Å²) < 4.78 is 2.14. The van der Waals surface area contributed by atoms with Crippen LogP contribution in [0.3, 0.4) is 0 Å². The highest BCUT2D eigenvalue weighted by Gasteiger charge is 2.20. The summed E-state index contributed by atoms with van der Waals surface area (Å²) in [5, 5.41) is 9.33. The molecule has 2 aromatic rings. The highest BCUT2D eigenvalue weighted by atomic mass is 16.3. The van der Waals surface area contributed by atoms with E-state index in [4.69, 9.17) is 5.73 Å². The topological polar surface area (TPSA) is 64.1 Å². The Morgan fingerprint density at radius 1 is 1.30 bits per heavy atom. The lowest BCUT2D eigenvalue weighted by molar-refractivity contribution is 0.178. The number of aryl methyl sites for hydroxylation is 1. The first-order valence-corrected chi connectivity index (χ1v) is 7.15. The van der Waals surface area contributed by atoms with Crippen molar-refractivity contribution in [3.63, 3.8) is 0 Å². The number of rotatable bonds is 7. The molecule has 1 aromatic carbocycles. The molecule has 1 aromatic heterocycles. The molecule has 4 heteroatoms. The molecule has 108 valence electrons. The van der Waals surface area contributed by atoms with Gasteiger partial charge in [0.05, 0.1) is 6.61 Å². The molecule has 0 saturated heterocycles. The van der Waals surface area contributed by atoms with Crippen LogP contribution in [0.4, 0.5) is 0 Å². The molecule has 0 aliphatic heterocycles. The minimum Gasteiger partial charge on any atom is -0.394 e. The van der Waals surface area contributed by atoms with Gasteiger partial charge in [-0.05, 0) is 19.3 Å². The number of hydrogen-bond donors (Lipinski definition) is 2. The van der Waals surface area contributed by atoms with Gasteiger partial charge in [-0.15, -0.1) is 0 Å². The van der Waals surface area contributed by atoms with Crippen molar-refractivity contribution in [2.24, 2.45) is 5.73 Å². The van der Waals surface area contributed by atoms with E-state index >= 15 is 0 Å². The van der Waals surface area contributed by atoms with E-state index in [1.165, 1.54) is 0 Å². The molecule has 1 heterocycles. The molecule has 1 atom stereocenters. The fraction of sp³-hybridized carbons (Fsp3) is 0.438. The first-order valence-electron chi connectivity index (χ1n) is 7.15. The summed E-state index contributed by atoms with van der Waals surface area (Å²) in [6, 6.07) is 10.2. The van der Waals surface area contributed by atoms with E-state index in [-0.39, 0.29) is 6.61 Å². The van der Waals surface area contributed by atoms with Crippen LogP contribution in [0.1, 0.15) is 26.2 Å². The van der Waals surface area contributed by atoms with Crippen LogP contribution in [-0.4, -0.2) is 26.8 Å². The molecule has 4 nitrogen and oxygen atoms in total. The highest BCUT2D eigenvalue weighted by molar-refractivity contribution is 5.54. The molecule has 0 amide bonds. The fourth-order valence-electron chi connectivity index (χ4n) is 2.31. The van der Waals surface area contributed by atoms with Crippen molar-refractivity contribution >= 4 is 0 Å². The van der Waals surface area contributed by atoms with Gasteiger partial charge in [-0.3, -0.25) is 0 Å². The Kier molecular flexibility index (Phi) is 4.93. The smallest absolute Gasteiger partial charge is 0.139 e. The Balaban J connectivity index is 2.00. The fourth-order valence-corrected chi connectivity index (χ4v) is 2.31. The van der Waals surface area contributed by atoms with Crippen LogP contribution in [-0.2, 0) is 6.54 Å². The largest absolute Gasteiger partial charge is 0.394 e. The van der Waals surface area contributed by atoms with Gasteiger partial charge in [0, 0.05) is 30.0 Å². The molecule has 0 bridgehead atoms. The Morgan fingerprint density at radius 3 is 2.70 bits per heavy atom. The molecular formula is C16H23N3O. The molecule has 0 spiro atoms. The zero-order valence-electron chi connectivity index (χ0n) is 12.0. The first kappa shape index (κ1) is 14.8. The van der Waals surface area contributed by atoms with E-state index < -0.39 is 5.54 Å². The second kappa shape index (κ2) is 6.68. The van der Waals surface area contributed by atoms with Gasteiger partial charge in [0.1, 0.15) is 5.82 Å². The SMILES string of the molecule is CCC(N)(CO)CCCn1ccnc1-c1ccccc1. The van der Waals surface area contributed by atoms with Gasteiger partial charge in [-0.1, -0.05) is 37.3 Å². The van der Waals surface area contributed by atoms with Crippen LogP contribution in [0.2, 0.25) is 0 Å². The third-order valence-electron chi connectivity index (χ3n) is 3.84. The number of aromatic nitrogens is 2. The second-order valence-corrected chi connectivity index (χ2v) is 5.29. The molecule has 0 fully saturated rings. The summed E-state index contributed by atoms with van der Waals surface area (Å²) in [5.41, 5.74) is 6.78. The first-order chi connectivity index (χ1) is 9.68. The van der Waals surface area contributed by atoms with Gasteiger partial charge in [-0.25, -0.2) is 4.98 Å². The Hall–Kier alpha value is -1.65. The van der Waals surface area contributed by atoms with Gasteiger partial charge in [0.2, 0.25) is 0 Å². The monoisotopic (exact) mass is 273 g/mol. The predicted molar refractivity (Wildman–Crippen MR) is 81.2 cm³/mol. The van der Waals surface area contributed by atoms with Crippen molar-refractivity contribution in [3.8, 4) is 11.4 Å². The normalized spacial score (nSPS) is 14.2. The van der Waals surface area contributed by atoms with Crippen molar-refractivity contribution in [2.45, 2.75) is 38.3 Å². The third-order valence-corrected chi connectivity index (χ3v) is 3.84. The summed E-state index contributed by atoms with van der Waals surface area (Å²) >= 11 is 0. The Labute approximate surface area is 120 Å². The van der Waals surface area contributed by atoms with Gasteiger partial charge < -0.3 is 15.4 Å². The number of aliphatic hydroxyl groups is 1. The Morgan fingerprint density at radius 2 is 2.05 bits per heavy atom. The molecule has 0 radical (unpaired) electrons. The van der Waals surface area contributed by atoms with Crippen LogP contribution in [0.25, 0.3) is 11.4 Å². The average Bonchev–Trinajstić information content (AvgIpc) is 2.96. The summed E-state index contributed by atoms with van der Waals surface area (Å²) in [4.78, 5) is 4.42. The van der Waals surface area contributed by atoms with Crippen molar-refractivity contribution in [1.82, 2.24) is 9.55 Å². The molecule has 0 saturated carbocycles. The minimum atomic E-state index is -0.451. The maximum Gasteiger partial charge on any atom is 0.139 e. The van der Waals surface area contributed by atoms with E-state index in [2.05, 4.69) is 21.7 Å². The lowest BCUT2D eigenvalue weighted by Crippen LogP contribution is -2.43. The second-order valence-electron chi connectivity index (χ2n) is 5.29. The molecule has 0 aliphatic rings. The number of benzene rings is 1. The lowest BCUT2D eigenvalue weighted by atomic mass is 9.93. The van der Waals surface area contributed by atoms with E-state index in [9.17, 15) is 5.11 Å². The molecule has 0 aliphatic carbocycles. The summed E-state index contributed by atoms with van der Waals surface area (Å²) in [5.74, 6) is 0.980. The van der Waals surface area contributed by atoms with Crippen LogP contribution in [0.5, 0.6) is 0 Å². The number of imidazole rings is 1. The number of hydrogen-bond acceptors (Lipinski definition) is 3. The van der Waals surface area contributed by atoms with Gasteiger partial charge in [0.15, 0.2) is 0 Å². The number of nitrogens with two attached hydrogens (primary N) is 1. The lowest BCUT2D eigenvalue weighted by Gasteiger charge is -2.25. The van der Waals surface area contributed by atoms with Gasteiger partial charge in [0.25, 0.3) is 0 Å². The van der Waals surface area contributed by atoms with E-state index in [0.29, 0.717) is 0 Å². The quantitative estimate of drug-likeness (QED) is 0.814. The molecule has 20 heavy (non-hydrogen) atoms. The van der Waals surface area contributed by atoms with E-state index in [1.807, 2.05) is 37.5 Å². The molecule has 2 rings (SSSR count). The molecular weight excluding hydrogens is 250 g/mol. The summed E-state index contributed by atoms with van der Waals surface area (Å²) in [6.07, 6.45) is 6.35. The van der Waals surface area contributed by atoms with Crippen LogP contribution >= 0.6 is 0 Å². The maximum absolute atomic E-state index is 9.33. The van der Waals surface area contributed by atoms with Crippen molar-refractivity contribution in [3.05, 3.63) is 42.7 Å². The van der Waals surface area contributed by atoms with Crippen molar-refractivity contribution < 1.29 is 5.11 Å². The van der Waals surface area contributed by atoms with Crippen LogP contribution in [0.15, 0.2) is 42.7 Å². The van der Waals surface area contributed by atoms with E-state index in [1.54, 1.807) is 0 Å². The Bertz CT molecular complexity index is 518. The van der Waals surface area contributed by atoms with Crippen LogP contribution in [0, 0.1) is 0 Å². The molecule has 3 N–H and O–H groups in total. The zero-order valence-corrected chi connectivity index (χ0v) is 12.0. The minimum absolute atomic E-state index is 0.0406. The van der Waals surface area contributed by atoms with Gasteiger partial charge >= 0.3 is 0 Å². The van der Waals surface area contributed by atoms with Crippen molar-refractivity contribution in [2.75, 3.05) is 6.61 Å². The summed E-state index contributed by atoms with van der Waals surface area (Å²) in [6.45, 7) is 2.92. The highest BCUT2D eigenvalue weighted by Crippen LogP contribution is 2.19. The van der Waals surface area contributed by atoms with Crippen molar-refractivity contribution in [1.29, 1.82) is 0 Å². The van der Waals surface area contributed by atoms with Gasteiger partial charge in [-0.2, -0.15) is 0 Å². The maximum atomic E-state index is 9.33. The molecule has 1 unspecified atom stereocenters. The average molecular weight is 273 g/mol.